The average Bonchev–Trinajstić information content (AvgIpc) is 3.38. The summed E-state index contributed by atoms with van der Waals surface area (Å²) in [6, 6.07) is 5.96. The molecule has 29 heavy (non-hydrogen) atoms. The molecule has 4 rings (SSSR count). The molecule has 0 amide bonds. The summed E-state index contributed by atoms with van der Waals surface area (Å²) in [4.78, 5) is 43.6. The van der Waals surface area contributed by atoms with Crippen LogP contribution >= 0.6 is 11.8 Å². The molecule has 3 aromatic rings. The van der Waals surface area contributed by atoms with Gasteiger partial charge in [0.15, 0.2) is 10.9 Å². The number of thioether (sulfide) groups is 1. The quantitative estimate of drug-likeness (QED) is 0.475. The van der Waals surface area contributed by atoms with E-state index in [1.807, 2.05) is 42.8 Å². The molecule has 2 aromatic heterocycles. The van der Waals surface area contributed by atoms with Crippen LogP contribution in [0.2, 0.25) is 0 Å². The van der Waals surface area contributed by atoms with Crippen LogP contribution in [0.25, 0.3) is 5.69 Å². The number of nitrogens with zero attached hydrogens (tertiary/aromatic N) is 3. The summed E-state index contributed by atoms with van der Waals surface area (Å²) in [5.41, 5.74) is 7.82. The number of nitrogens with one attached hydrogen (secondary N) is 1. The number of imidazole rings is 1. The highest BCUT2D eigenvalue weighted by Crippen LogP contribution is 2.35. The number of nitrogens with two attached hydrogens (primary N) is 1. The van der Waals surface area contributed by atoms with Crippen molar-refractivity contribution in [1.29, 1.82) is 0 Å². The Morgan fingerprint density at radius 2 is 2.07 bits per heavy atom. The van der Waals surface area contributed by atoms with E-state index in [1.165, 1.54) is 16.3 Å². The first kappa shape index (κ1) is 19.3. The van der Waals surface area contributed by atoms with Crippen LogP contribution in [-0.4, -0.2) is 30.6 Å². The number of aryl methyl sites for hydroxylation is 1. The van der Waals surface area contributed by atoms with Crippen LogP contribution in [0.5, 0.6) is 0 Å². The van der Waals surface area contributed by atoms with Crippen LogP contribution < -0.4 is 17.0 Å². The maximum atomic E-state index is 12.8. The number of ketones is 1. The van der Waals surface area contributed by atoms with Crippen LogP contribution in [-0.2, 0) is 0 Å². The fourth-order valence-corrected chi connectivity index (χ4v) is 4.15. The number of rotatable bonds is 6. The molecule has 1 aliphatic carbocycles. The third kappa shape index (κ3) is 3.53. The van der Waals surface area contributed by atoms with Crippen LogP contribution in [0.15, 0.2) is 45.3 Å². The molecule has 9 heteroatoms. The lowest BCUT2D eigenvalue weighted by Crippen LogP contribution is -2.36. The van der Waals surface area contributed by atoms with E-state index in [9.17, 15) is 14.4 Å². The molecule has 0 spiro atoms. The molecular weight excluding hydrogens is 390 g/mol. The van der Waals surface area contributed by atoms with Gasteiger partial charge in [0.2, 0.25) is 0 Å². The number of anilines is 1. The second kappa shape index (κ2) is 7.40. The number of nitrogen functional groups attached to an aromatic ring is 1. The molecule has 0 atom stereocenters. The molecule has 1 saturated carbocycles. The van der Waals surface area contributed by atoms with E-state index in [0.29, 0.717) is 5.16 Å². The van der Waals surface area contributed by atoms with Gasteiger partial charge >= 0.3 is 5.69 Å². The first-order valence-electron chi connectivity index (χ1n) is 9.28. The van der Waals surface area contributed by atoms with E-state index in [4.69, 9.17) is 5.73 Å². The van der Waals surface area contributed by atoms with Gasteiger partial charge in [0.25, 0.3) is 5.56 Å². The minimum absolute atomic E-state index is 0.0158. The first-order chi connectivity index (χ1) is 13.9. The summed E-state index contributed by atoms with van der Waals surface area (Å²) in [7, 11) is 0. The molecule has 1 aromatic carbocycles. The number of H-pyrrole nitrogens is 1. The highest BCUT2D eigenvalue weighted by molar-refractivity contribution is 7.99. The monoisotopic (exact) mass is 411 g/mol. The molecule has 8 nitrogen and oxygen atoms in total. The first-order valence-corrected chi connectivity index (χ1v) is 10.3. The van der Waals surface area contributed by atoms with E-state index >= 15 is 0 Å². The SMILES string of the molecule is Cc1cccc(-n2ccnc2SCC(=O)c2c(N)n(C3CC3)c(=O)[nH]c2=O)c1C. The molecule has 1 fully saturated rings. The minimum atomic E-state index is -0.743. The van der Waals surface area contributed by atoms with Crippen molar-refractivity contribution in [2.24, 2.45) is 0 Å². The third-order valence-corrected chi connectivity index (χ3v) is 6.11. The molecule has 0 radical (unpaired) electrons. The van der Waals surface area contributed by atoms with Crippen LogP contribution in [0.1, 0.15) is 40.4 Å². The lowest BCUT2D eigenvalue weighted by molar-refractivity contribution is 0.102. The summed E-state index contributed by atoms with van der Waals surface area (Å²) >= 11 is 1.22. The Kier molecular flexibility index (Phi) is 4.91. The van der Waals surface area contributed by atoms with E-state index in [1.54, 1.807) is 6.20 Å². The van der Waals surface area contributed by atoms with Crippen molar-refractivity contribution >= 4 is 23.4 Å². The normalized spacial score (nSPS) is 13.6. The highest BCUT2D eigenvalue weighted by Gasteiger charge is 2.30. The van der Waals surface area contributed by atoms with Crippen molar-refractivity contribution in [3.63, 3.8) is 0 Å². The van der Waals surface area contributed by atoms with Crippen molar-refractivity contribution in [2.45, 2.75) is 37.9 Å². The second-order valence-corrected chi connectivity index (χ2v) is 8.07. The predicted octanol–water partition coefficient (Wildman–Crippen LogP) is 2.23. The van der Waals surface area contributed by atoms with E-state index < -0.39 is 17.0 Å². The summed E-state index contributed by atoms with van der Waals surface area (Å²) in [5, 5.41) is 0.637. The lowest BCUT2D eigenvalue weighted by Gasteiger charge is -2.13. The van der Waals surface area contributed by atoms with Gasteiger partial charge in [0.1, 0.15) is 11.4 Å². The van der Waals surface area contributed by atoms with Crippen molar-refractivity contribution in [3.8, 4) is 5.69 Å². The molecule has 0 bridgehead atoms. The van der Waals surface area contributed by atoms with Gasteiger partial charge in [-0.15, -0.1) is 0 Å². The van der Waals surface area contributed by atoms with Crippen molar-refractivity contribution in [2.75, 3.05) is 11.5 Å². The van der Waals surface area contributed by atoms with Gasteiger partial charge < -0.3 is 5.73 Å². The molecular formula is C20H21N5O3S. The number of carbonyl (C=O) groups is 1. The lowest BCUT2D eigenvalue weighted by atomic mass is 10.1. The van der Waals surface area contributed by atoms with Crippen molar-refractivity contribution < 1.29 is 4.79 Å². The average molecular weight is 411 g/mol. The molecule has 3 N–H and O–H groups in total. The van der Waals surface area contributed by atoms with Crippen LogP contribution in [0.4, 0.5) is 5.82 Å². The van der Waals surface area contributed by atoms with Gasteiger partial charge in [0, 0.05) is 18.4 Å². The molecule has 150 valence electrons. The summed E-state index contributed by atoms with van der Waals surface area (Å²) in [6.45, 7) is 4.07. The minimum Gasteiger partial charge on any atom is -0.384 e. The smallest absolute Gasteiger partial charge is 0.330 e. The Morgan fingerprint density at radius 3 is 2.79 bits per heavy atom. The summed E-state index contributed by atoms with van der Waals surface area (Å²) in [6.07, 6.45) is 5.13. The standard InChI is InChI=1S/C20H21N5O3S/c1-11-4-3-5-14(12(11)2)24-9-8-22-20(24)29-10-15(26)16-17(21)25(13-6-7-13)19(28)23-18(16)27/h3-5,8-9,13H,6-7,10,21H2,1-2H3,(H,23,27,28). The number of aromatic nitrogens is 4. The van der Waals surface area contributed by atoms with Gasteiger partial charge in [-0.3, -0.25) is 23.7 Å². The third-order valence-electron chi connectivity index (χ3n) is 5.15. The number of benzene rings is 1. The Hall–Kier alpha value is -3.07. The van der Waals surface area contributed by atoms with Gasteiger partial charge in [0.05, 0.1) is 11.4 Å². The van der Waals surface area contributed by atoms with Gasteiger partial charge in [-0.1, -0.05) is 23.9 Å². The van der Waals surface area contributed by atoms with Crippen molar-refractivity contribution in [3.05, 3.63) is 68.1 Å². The zero-order valence-electron chi connectivity index (χ0n) is 16.1. The number of carbonyl (C=O) groups excluding carboxylic acids is 1. The summed E-state index contributed by atoms with van der Waals surface area (Å²) < 4.78 is 3.23. The Labute approximate surface area is 170 Å². The summed E-state index contributed by atoms with van der Waals surface area (Å²) in [5.74, 6) is -0.499. The molecule has 2 heterocycles. The fraction of sp³-hybridized carbons (Fsp3) is 0.300. The Bertz CT molecular complexity index is 1220. The maximum absolute atomic E-state index is 12.8. The highest BCUT2D eigenvalue weighted by atomic mass is 32.2. The zero-order chi connectivity index (χ0) is 20.7. The molecule has 0 aliphatic heterocycles. The van der Waals surface area contributed by atoms with Crippen LogP contribution in [0.3, 0.4) is 0 Å². The van der Waals surface area contributed by atoms with Crippen LogP contribution in [0, 0.1) is 13.8 Å². The molecule has 1 aliphatic rings. The largest absolute Gasteiger partial charge is 0.384 e. The number of hydrogen-bond donors (Lipinski definition) is 2. The number of Topliss-reactive ketones (excluding diaryl/α,β-unsaturated/α-hetero) is 1. The topological polar surface area (TPSA) is 116 Å². The fourth-order valence-electron chi connectivity index (χ4n) is 3.31. The van der Waals surface area contributed by atoms with Gasteiger partial charge in [-0.25, -0.2) is 9.78 Å². The van der Waals surface area contributed by atoms with E-state index in [2.05, 4.69) is 9.97 Å². The number of hydrogen-bond acceptors (Lipinski definition) is 6. The van der Waals surface area contributed by atoms with E-state index in [-0.39, 0.29) is 23.2 Å². The van der Waals surface area contributed by atoms with Crippen molar-refractivity contribution in [1.82, 2.24) is 19.1 Å². The van der Waals surface area contributed by atoms with E-state index in [0.717, 1.165) is 29.7 Å². The molecule has 0 unspecified atom stereocenters. The Balaban J connectivity index is 1.60. The number of aromatic amines is 1. The maximum Gasteiger partial charge on any atom is 0.330 e. The van der Waals surface area contributed by atoms with Gasteiger partial charge in [-0.2, -0.15) is 0 Å². The Morgan fingerprint density at radius 1 is 1.31 bits per heavy atom. The second-order valence-electron chi connectivity index (χ2n) is 7.13. The zero-order valence-corrected chi connectivity index (χ0v) is 17.0. The molecule has 0 saturated heterocycles. The predicted molar refractivity (Wildman–Crippen MR) is 112 cm³/mol. The van der Waals surface area contributed by atoms with Gasteiger partial charge in [-0.05, 0) is 43.9 Å².